The SMILES string of the molecule is O=C(c1ccc(SCc2cn3ccccc3n2)cc1)N1CCN(CCN2CCCC2)CC1. The van der Waals surface area contributed by atoms with Gasteiger partial charge in [-0.2, -0.15) is 0 Å². The molecule has 2 saturated heterocycles. The number of hydrogen-bond donors (Lipinski definition) is 0. The average molecular weight is 450 g/mol. The number of carbonyl (C=O) groups is 1. The maximum Gasteiger partial charge on any atom is 0.253 e. The largest absolute Gasteiger partial charge is 0.336 e. The lowest BCUT2D eigenvalue weighted by Gasteiger charge is -2.35. The van der Waals surface area contributed by atoms with Crippen molar-refractivity contribution < 1.29 is 4.79 Å². The Hall–Kier alpha value is -2.35. The van der Waals surface area contributed by atoms with Gasteiger partial charge in [-0.25, -0.2) is 4.98 Å². The van der Waals surface area contributed by atoms with E-state index < -0.39 is 0 Å². The summed E-state index contributed by atoms with van der Waals surface area (Å²) in [5.74, 6) is 0.968. The highest BCUT2D eigenvalue weighted by atomic mass is 32.2. The Balaban J connectivity index is 1.09. The highest BCUT2D eigenvalue weighted by molar-refractivity contribution is 7.98. The molecule has 0 unspecified atom stereocenters. The maximum absolute atomic E-state index is 12.9. The molecule has 0 radical (unpaired) electrons. The van der Waals surface area contributed by atoms with Gasteiger partial charge < -0.3 is 14.2 Å². The molecule has 6 nitrogen and oxygen atoms in total. The number of aromatic nitrogens is 2. The standard InChI is InChI=1S/C25H31N5OS/c31-25(29-17-15-28(16-18-29)14-13-27-10-3-4-11-27)21-6-8-23(9-7-21)32-20-22-19-30-12-2-1-5-24(30)26-22/h1-2,5-9,12,19H,3-4,10-11,13-18,20H2. The zero-order chi connectivity index (χ0) is 21.8. The highest BCUT2D eigenvalue weighted by Crippen LogP contribution is 2.23. The van der Waals surface area contributed by atoms with Crippen LogP contribution in [0.15, 0.2) is 59.8 Å². The topological polar surface area (TPSA) is 44.1 Å². The van der Waals surface area contributed by atoms with Gasteiger partial charge in [0.25, 0.3) is 5.91 Å². The summed E-state index contributed by atoms with van der Waals surface area (Å²) >= 11 is 1.75. The molecule has 2 fully saturated rings. The Morgan fingerprint density at radius 2 is 1.59 bits per heavy atom. The second kappa shape index (κ2) is 10.1. The zero-order valence-electron chi connectivity index (χ0n) is 18.5. The molecule has 0 saturated carbocycles. The quantitative estimate of drug-likeness (QED) is 0.517. The summed E-state index contributed by atoms with van der Waals surface area (Å²) in [4.78, 5) is 25.8. The number of fused-ring (bicyclic) bond motifs is 1. The van der Waals surface area contributed by atoms with Crippen LogP contribution in [0.3, 0.4) is 0 Å². The van der Waals surface area contributed by atoms with Gasteiger partial charge in [-0.1, -0.05) is 6.07 Å². The van der Waals surface area contributed by atoms with Crippen LogP contribution >= 0.6 is 11.8 Å². The van der Waals surface area contributed by atoms with Crippen LogP contribution in [0.25, 0.3) is 5.65 Å². The van der Waals surface area contributed by atoms with Crippen LogP contribution in [0.1, 0.15) is 28.9 Å². The van der Waals surface area contributed by atoms with E-state index in [0.717, 1.165) is 60.3 Å². The first-order valence-corrected chi connectivity index (χ1v) is 12.6. The fourth-order valence-corrected chi connectivity index (χ4v) is 5.34. The van der Waals surface area contributed by atoms with Crippen LogP contribution in [-0.4, -0.2) is 82.3 Å². The van der Waals surface area contributed by atoms with Crippen LogP contribution in [-0.2, 0) is 5.75 Å². The van der Waals surface area contributed by atoms with E-state index in [1.807, 2.05) is 45.8 Å². The summed E-state index contributed by atoms with van der Waals surface area (Å²) in [5, 5.41) is 0. The third-order valence-electron chi connectivity index (χ3n) is 6.49. The fourth-order valence-electron chi connectivity index (χ4n) is 4.55. The lowest BCUT2D eigenvalue weighted by Crippen LogP contribution is -2.50. The number of amides is 1. The lowest BCUT2D eigenvalue weighted by molar-refractivity contribution is 0.0626. The summed E-state index contributed by atoms with van der Waals surface area (Å²) in [6, 6.07) is 14.1. The summed E-state index contributed by atoms with van der Waals surface area (Å²) in [6.45, 7) is 8.41. The van der Waals surface area contributed by atoms with Crippen molar-refractivity contribution in [2.75, 3.05) is 52.4 Å². The summed E-state index contributed by atoms with van der Waals surface area (Å²) < 4.78 is 2.05. The molecule has 32 heavy (non-hydrogen) atoms. The van der Waals surface area contributed by atoms with Gasteiger partial charge in [0.05, 0.1) is 5.69 Å². The number of thioether (sulfide) groups is 1. The number of pyridine rings is 1. The number of rotatable bonds is 7. The number of hydrogen-bond acceptors (Lipinski definition) is 5. The molecule has 2 aromatic heterocycles. The van der Waals surface area contributed by atoms with Gasteiger partial charge in [-0.15, -0.1) is 11.8 Å². The van der Waals surface area contributed by atoms with Gasteiger partial charge in [0.15, 0.2) is 0 Å². The Morgan fingerprint density at radius 1 is 0.875 bits per heavy atom. The normalized spacial score (nSPS) is 17.9. The Morgan fingerprint density at radius 3 is 2.31 bits per heavy atom. The molecule has 7 heteroatoms. The van der Waals surface area contributed by atoms with Crippen LogP contribution in [0, 0.1) is 0 Å². The second-order valence-electron chi connectivity index (χ2n) is 8.69. The van der Waals surface area contributed by atoms with Crippen LogP contribution in [0.5, 0.6) is 0 Å². The number of piperazine rings is 1. The molecule has 1 amide bonds. The lowest BCUT2D eigenvalue weighted by atomic mass is 10.2. The molecule has 0 bridgehead atoms. The monoisotopic (exact) mass is 449 g/mol. The van der Waals surface area contributed by atoms with Crippen LogP contribution in [0.4, 0.5) is 0 Å². The first-order chi connectivity index (χ1) is 15.7. The minimum Gasteiger partial charge on any atom is -0.336 e. The van der Waals surface area contributed by atoms with E-state index in [2.05, 4.69) is 33.1 Å². The third-order valence-corrected chi connectivity index (χ3v) is 7.54. The van der Waals surface area contributed by atoms with Gasteiger partial charge in [-0.3, -0.25) is 9.69 Å². The predicted molar refractivity (Wildman–Crippen MR) is 129 cm³/mol. The minimum atomic E-state index is 0.154. The van der Waals surface area contributed by atoms with Crippen LogP contribution < -0.4 is 0 Å². The second-order valence-corrected chi connectivity index (χ2v) is 9.74. The predicted octanol–water partition coefficient (Wildman–Crippen LogP) is 3.48. The molecule has 1 aromatic carbocycles. The van der Waals surface area contributed by atoms with Crippen molar-refractivity contribution >= 4 is 23.3 Å². The first kappa shape index (κ1) is 21.5. The zero-order valence-corrected chi connectivity index (χ0v) is 19.3. The van der Waals surface area contributed by atoms with E-state index in [4.69, 9.17) is 0 Å². The maximum atomic E-state index is 12.9. The van der Waals surface area contributed by atoms with Gasteiger partial charge in [0.2, 0.25) is 0 Å². The summed E-state index contributed by atoms with van der Waals surface area (Å²) in [5.41, 5.74) is 2.82. The molecule has 2 aliphatic rings. The van der Waals surface area contributed by atoms with Crippen LogP contribution in [0.2, 0.25) is 0 Å². The summed E-state index contributed by atoms with van der Waals surface area (Å²) in [6.07, 6.45) is 6.79. The van der Waals surface area contributed by atoms with E-state index in [1.54, 1.807) is 11.8 Å². The van der Waals surface area contributed by atoms with Crippen molar-refractivity contribution in [3.05, 3.63) is 66.1 Å². The molecular formula is C25H31N5OS. The number of nitrogens with zero attached hydrogens (tertiary/aromatic N) is 5. The van der Waals surface area contributed by atoms with Gasteiger partial charge in [-0.05, 0) is 62.3 Å². The number of imidazole rings is 1. The van der Waals surface area contributed by atoms with Crippen molar-refractivity contribution in [3.8, 4) is 0 Å². The van der Waals surface area contributed by atoms with E-state index in [-0.39, 0.29) is 5.91 Å². The highest BCUT2D eigenvalue weighted by Gasteiger charge is 2.22. The van der Waals surface area contributed by atoms with Crippen molar-refractivity contribution in [1.82, 2.24) is 24.1 Å². The van der Waals surface area contributed by atoms with E-state index in [9.17, 15) is 4.79 Å². The summed E-state index contributed by atoms with van der Waals surface area (Å²) in [7, 11) is 0. The average Bonchev–Trinajstić information content (AvgIpc) is 3.51. The first-order valence-electron chi connectivity index (χ1n) is 11.6. The molecule has 2 aliphatic heterocycles. The van der Waals surface area contributed by atoms with Crippen molar-refractivity contribution in [1.29, 1.82) is 0 Å². The smallest absolute Gasteiger partial charge is 0.253 e. The van der Waals surface area contributed by atoms with Crippen molar-refractivity contribution in [3.63, 3.8) is 0 Å². The molecule has 0 spiro atoms. The molecule has 0 atom stereocenters. The molecule has 168 valence electrons. The molecule has 0 N–H and O–H groups in total. The van der Waals surface area contributed by atoms with Gasteiger partial charge in [0, 0.05) is 67.9 Å². The van der Waals surface area contributed by atoms with Gasteiger partial charge in [0.1, 0.15) is 5.65 Å². The molecule has 4 heterocycles. The number of benzene rings is 1. The Kier molecular flexibility index (Phi) is 6.76. The number of likely N-dealkylation sites (tertiary alicyclic amines) is 1. The Bertz CT molecular complexity index is 1000. The van der Waals surface area contributed by atoms with E-state index in [1.165, 1.54) is 32.5 Å². The van der Waals surface area contributed by atoms with Crippen molar-refractivity contribution in [2.24, 2.45) is 0 Å². The van der Waals surface area contributed by atoms with E-state index >= 15 is 0 Å². The van der Waals surface area contributed by atoms with Crippen molar-refractivity contribution in [2.45, 2.75) is 23.5 Å². The third kappa shape index (κ3) is 5.17. The molecule has 3 aromatic rings. The minimum absolute atomic E-state index is 0.154. The molecule has 5 rings (SSSR count). The molecular weight excluding hydrogens is 418 g/mol. The van der Waals surface area contributed by atoms with E-state index in [0.29, 0.717) is 0 Å². The Labute approximate surface area is 194 Å². The molecule has 0 aliphatic carbocycles. The number of carbonyl (C=O) groups excluding carboxylic acids is 1. The van der Waals surface area contributed by atoms with Gasteiger partial charge >= 0.3 is 0 Å². The fraction of sp³-hybridized carbons (Fsp3) is 0.440.